The molecule has 0 aromatic rings. The molecule has 0 fully saturated rings. The van der Waals surface area contributed by atoms with E-state index in [9.17, 15) is 0 Å². The molecule has 0 aliphatic heterocycles. The lowest BCUT2D eigenvalue weighted by Crippen LogP contribution is -2.39. The number of hydrogen-bond acceptors (Lipinski definition) is 1. The van der Waals surface area contributed by atoms with Crippen molar-refractivity contribution in [1.29, 1.82) is 0 Å². The normalized spacial score (nSPS) is 10.8. The van der Waals surface area contributed by atoms with Crippen LogP contribution in [-0.2, 0) is 0 Å². The van der Waals surface area contributed by atoms with Crippen LogP contribution < -0.4 is 0 Å². The summed E-state index contributed by atoms with van der Waals surface area (Å²) < 4.78 is 0. The molecule has 0 bridgehead atoms. The first-order chi connectivity index (χ1) is 7.59. The number of nitrogens with zero attached hydrogens (tertiary/aromatic N) is 1. The van der Waals surface area contributed by atoms with Crippen LogP contribution in [0.25, 0.3) is 0 Å². The molecule has 0 N–H and O–H groups in total. The van der Waals surface area contributed by atoms with E-state index in [0.717, 1.165) is 6.42 Å². The highest BCUT2D eigenvalue weighted by atomic mass is 15.1. The molecule has 2 heteroatoms. The summed E-state index contributed by atoms with van der Waals surface area (Å²) in [4.78, 5) is 2.30. The monoisotopic (exact) mass is 220 g/mol. The highest BCUT2D eigenvalue weighted by Gasteiger charge is 2.12. The molecule has 0 aliphatic rings. The molecule has 0 aliphatic carbocycles. The second-order valence-electron chi connectivity index (χ2n) is 4.90. The van der Waals surface area contributed by atoms with Crippen molar-refractivity contribution in [3.05, 3.63) is 0 Å². The molecule has 0 unspecified atom stereocenters. The van der Waals surface area contributed by atoms with Gasteiger partial charge in [-0.1, -0.05) is 53.9 Å². The van der Waals surface area contributed by atoms with Crippen LogP contribution in [0.1, 0.15) is 66.7 Å². The third-order valence-corrected chi connectivity index (χ3v) is 2.66. The van der Waals surface area contributed by atoms with Crippen LogP contribution in [0.15, 0.2) is 0 Å². The lowest BCUT2D eigenvalue weighted by atomic mass is 9.88. The minimum absolute atomic E-state index is 0.536. The van der Waals surface area contributed by atoms with Crippen LogP contribution in [0, 0.1) is 11.7 Å². The van der Waals surface area contributed by atoms with Gasteiger partial charge in [-0.05, 0) is 18.5 Å². The van der Waals surface area contributed by atoms with E-state index < -0.39 is 0 Å². The van der Waals surface area contributed by atoms with Gasteiger partial charge in [0, 0.05) is 6.42 Å². The van der Waals surface area contributed by atoms with Crippen molar-refractivity contribution in [2.45, 2.75) is 78.8 Å². The van der Waals surface area contributed by atoms with E-state index in [4.69, 9.17) is 0 Å². The molecule has 0 spiro atoms. The molecule has 1 nitrogen and oxygen atoms in total. The van der Waals surface area contributed by atoms with Crippen molar-refractivity contribution in [3.8, 4) is 11.7 Å². The highest BCUT2D eigenvalue weighted by molar-refractivity contribution is 6.43. The van der Waals surface area contributed by atoms with Crippen molar-refractivity contribution < 1.29 is 0 Å². The average molecular weight is 220 g/mol. The van der Waals surface area contributed by atoms with Crippen LogP contribution in [0.4, 0.5) is 0 Å². The van der Waals surface area contributed by atoms with Crippen LogP contribution >= 0.6 is 0 Å². The summed E-state index contributed by atoms with van der Waals surface area (Å²) in [6, 6.07) is 1.07. The molecule has 0 heterocycles. The van der Waals surface area contributed by atoms with E-state index in [1.165, 1.54) is 25.7 Å². The summed E-state index contributed by atoms with van der Waals surface area (Å²) in [5, 5.41) is 0. The predicted molar refractivity (Wildman–Crippen MR) is 74.4 cm³/mol. The first kappa shape index (κ1) is 15.6. The van der Waals surface area contributed by atoms with Crippen molar-refractivity contribution in [2.75, 3.05) is 0 Å². The summed E-state index contributed by atoms with van der Waals surface area (Å²) >= 11 is 0. The van der Waals surface area contributed by atoms with Crippen LogP contribution in [0.3, 0.4) is 0 Å². The largest absolute Gasteiger partial charge is 0.330 e. The third-order valence-electron chi connectivity index (χ3n) is 2.66. The Morgan fingerprint density at radius 1 is 1.00 bits per heavy atom. The summed E-state index contributed by atoms with van der Waals surface area (Å²) in [5.74, 6) is 6.41. The third kappa shape index (κ3) is 7.82. The number of hydrogen-bond donors (Lipinski definition) is 0. The van der Waals surface area contributed by atoms with Gasteiger partial charge in [-0.15, -0.1) is 11.7 Å². The van der Waals surface area contributed by atoms with E-state index in [2.05, 4.69) is 58.6 Å². The van der Waals surface area contributed by atoms with Gasteiger partial charge >= 0.3 is 7.41 Å². The second-order valence-corrected chi connectivity index (χ2v) is 4.90. The highest BCUT2D eigenvalue weighted by Crippen LogP contribution is 2.03. The van der Waals surface area contributed by atoms with Gasteiger partial charge in [-0.2, -0.15) is 0 Å². The van der Waals surface area contributed by atoms with Crippen molar-refractivity contribution in [1.82, 2.24) is 4.81 Å². The van der Waals surface area contributed by atoms with E-state index >= 15 is 0 Å². The summed E-state index contributed by atoms with van der Waals surface area (Å²) in [5.41, 5.74) is 0. The molecule has 1 radical (unpaired) electrons. The SMILES string of the molecule is CCCCCCC#C[B]N(C(C)C)C(C)C. The summed E-state index contributed by atoms with van der Waals surface area (Å²) in [6.45, 7) is 11.1. The molecule has 0 rings (SSSR count). The summed E-state index contributed by atoms with van der Waals surface area (Å²) in [6.07, 6.45) is 6.26. The molecule has 0 saturated carbocycles. The van der Waals surface area contributed by atoms with E-state index in [1.54, 1.807) is 0 Å². The van der Waals surface area contributed by atoms with Crippen LogP contribution in [0.5, 0.6) is 0 Å². The lowest BCUT2D eigenvalue weighted by Gasteiger charge is -2.27. The number of rotatable bonds is 7. The van der Waals surface area contributed by atoms with E-state index in [-0.39, 0.29) is 0 Å². The smallest absolute Gasteiger partial charge is 0.312 e. The Morgan fingerprint density at radius 3 is 2.12 bits per heavy atom. The van der Waals surface area contributed by atoms with E-state index in [0.29, 0.717) is 12.1 Å². The molecular formula is C14H27BN. The van der Waals surface area contributed by atoms with Crippen molar-refractivity contribution in [3.63, 3.8) is 0 Å². The Kier molecular flexibility index (Phi) is 9.53. The number of unbranched alkanes of at least 4 members (excludes halogenated alkanes) is 4. The Balaban J connectivity index is 3.71. The van der Waals surface area contributed by atoms with Gasteiger partial charge < -0.3 is 4.81 Å². The van der Waals surface area contributed by atoms with E-state index in [1.807, 2.05) is 0 Å². The summed E-state index contributed by atoms with van der Waals surface area (Å²) in [7, 11) is 2.05. The average Bonchev–Trinajstić information content (AvgIpc) is 2.21. The fraction of sp³-hybridized carbons (Fsp3) is 0.857. The second kappa shape index (κ2) is 9.79. The predicted octanol–water partition coefficient (Wildman–Crippen LogP) is 3.66. The Labute approximate surface area is 103 Å². The molecule has 16 heavy (non-hydrogen) atoms. The maximum atomic E-state index is 3.24. The van der Waals surface area contributed by atoms with Gasteiger partial charge in [0.1, 0.15) is 0 Å². The molecule has 0 atom stereocenters. The zero-order valence-electron chi connectivity index (χ0n) is 11.7. The fourth-order valence-corrected chi connectivity index (χ4v) is 1.73. The first-order valence-electron chi connectivity index (χ1n) is 6.68. The topological polar surface area (TPSA) is 3.24 Å². The maximum Gasteiger partial charge on any atom is 0.312 e. The van der Waals surface area contributed by atoms with Crippen molar-refractivity contribution >= 4 is 7.41 Å². The molecule has 91 valence electrons. The molecule has 0 aromatic carbocycles. The van der Waals surface area contributed by atoms with Gasteiger partial charge in [-0.3, -0.25) is 0 Å². The lowest BCUT2D eigenvalue weighted by molar-refractivity contribution is 0.315. The molecule has 0 saturated heterocycles. The zero-order chi connectivity index (χ0) is 12.4. The quantitative estimate of drug-likeness (QED) is 0.359. The fourth-order valence-electron chi connectivity index (χ4n) is 1.73. The van der Waals surface area contributed by atoms with Crippen LogP contribution in [0.2, 0.25) is 0 Å². The Hall–Kier alpha value is -0.415. The molecule has 0 aromatic heterocycles. The zero-order valence-corrected chi connectivity index (χ0v) is 11.7. The minimum Gasteiger partial charge on any atom is -0.330 e. The standard InChI is InChI=1S/C14H27BN/c1-6-7-8-9-10-11-12-15-16(13(2)3)14(4)5/h13-14H,6-10H2,1-5H3. The van der Waals surface area contributed by atoms with Gasteiger partial charge in [0.25, 0.3) is 0 Å². The van der Waals surface area contributed by atoms with Gasteiger partial charge in [0.15, 0.2) is 0 Å². The maximum absolute atomic E-state index is 3.24. The Morgan fingerprint density at radius 2 is 1.62 bits per heavy atom. The van der Waals surface area contributed by atoms with Crippen LogP contribution in [-0.4, -0.2) is 24.3 Å². The van der Waals surface area contributed by atoms with Crippen molar-refractivity contribution in [2.24, 2.45) is 0 Å². The van der Waals surface area contributed by atoms with Gasteiger partial charge in [0.2, 0.25) is 0 Å². The van der Waals surface area contributed by atoms with Gasteiger partial charge in [-0.25, -0.2) is 0 Å². The first-order valence-corrected chi connectivity index (χ1v) is 6.68. The minimum atomic E-state index is 0.536. The molecule has 0 amide bonds. The van der Waals surface area contributed by atoms with Gasteiger partial charge in [0.05, 0.1) is 0 Å². The Bertz CT molecular complexity index is 205. The molecular weight excluding hydrogens is 193 g/mol.